The summed E-state index contributed by atoms with van der Waals surface area (Å²) in [7, 11) is -4.21. The minimum Gasteiger partial charge on any atom is -0.490 e. The van der Waals surface area contributed by atoms with Gasteiger partial charge in [-0.2, -0.15) is 8.42 Å². The van der Waals surface area contributed by atoms with Crippen molar-refractivity contribution in [1.82, 2.24) is 0 Å². The number of hydrogen-bond acceptors (Lipinski definition) is 4. The standard InChI is InChI=1S/C16H24O6S/c1-12(2)6-7-13(4-3-5-16(17)18)22-14-8-10-15(11-9-14)23(19,20)21/h8-13H,3-7H2,1-2H3,(H,17,18)(H,19,20,21). The minimum absolute atomic E-state index is 0.100. The van der Waals surface area contributed by atoms with Crippen LogP contribution in [0.25, 0.3) is 0 Å². The first-order chi connectivity index (χ1) is 10.7. The maximum Gasteiger partial charge on any atom is 0.303 e. The van der Waals surface area contributed by atoms with E-state index in [0.29, 0.717) is 24.5 Å². The normalized spacial score (nSPS) is 13.0. The third-order valence-electron chi connectivity index (χ3n) is 3.41. The summed E-state index contributed by atoms with van der Waals surface area (Å²) in [5.74, 6) is 0.189. The van der Waals surface area contributed by atoms with E-state index in [4.69, 9.17) is 14.4 Å². The predicted molar refractivity (Wildman–Crippen MR) is 86.2 cm³/mol. The highest BCUT2D eigenvalue weighted by Crippen LogP contribution is 2.21. The predicted octanol–water partition coefficient (Wildman–Crippen LogP) is 3.37. The van der Waals surface area contributed by atoms with E-state index in [-0.39, 0.29) is 17.4 Å². The van der Waals surface area contributed by atoms with Crippen molar-refractivity contribution in [3.05, 3.63) is 24.3 Å². The zero-order chi connectivity index (χ0) is 17.5. The molecule has 0 bridgehead atoms. The van der Waals surface area contributed by atoms with E-state index in [1.165, 1.54) is 24.3 Å². The highest BCUT2D eigenvalue weighted by atomic mass is 32.2. The summed E-state index contributed by atoms with van der Waals surface area (Å²) in [4.78, 5) is 10.4. The quantitative estimate of drug-likeness (QED) is 0.631. The monoisotopic (exact) mass is 344 g/mol. The van der Waals surface area contributed by atoms with Crippen LogP contribution in [0.4, 0.5) is 0 Å². The zero-order valence-corrected chi connectivity index (χ0v) is 14.3. The van der Waals surface area contributed by atoms with E-state index >= 15 is 0 Å². The molecule has 0 heterocycles. The zero-order valence-electron chi connectivity index (χ0n) is 13.4. The molecule has 2 N–H and O–H groups in total. The first kappa shape index (κ1) is 19.4. The van der Waals surface area contributed by atoms with Gasteiger partial charge in [0.15, 0.2) is 0 Å². The Morgan fingerprint density at radius 2 is 1.74 bits per heavy atom. The molecule has 6 nitrogen and oxygen atoms in total. The molecule has 0 aromatic heterocycles. The maximum atomic E-state index is 11.0. The highest BCUT2D eigenvalue weighted by molar-refractivity contribution is 7.85. The van der Waals surface area contributed by atoms with Crippen LogP contribution in [0.2, 0.25) is 0 Å². The SMILES string of the molecule is CC(C)CCC(CCCC(=O)O)Oc1ccc(S(=O)(=O)O)cc1. The molecule has 1 atom stereocenters. The molecule has 7 heteroatoms. The van der Waals surface area contributed by atoms with Crippen LogP contribution in [0.15, 0.2) is 29.2 Å². The molecule has 0 fully saturated rings. The van der Waals surface area contributed by atoms with Gasteiger partial charge >= 0.3 is 5.97 Å². The van der Waals surface area contributed by atoms with Crippen LogP contribution in [0, 0.1) is 5.92 Å². The molecule has 0 saturated heterocycles. The van der Waals surface area contributed by atoms with Crippen molar-refractivity contribution in [2.45, 2.75) is 57.0 Å². The van der Waals surface area contributed by atoms with Crippen molar-refractivity contribution < 1.29 is 27.6 Å². The van der Waals surface area contributed by atoms with Gasteiger partial charge < -0.3 is 9.84 Å². The molecule has 1 aromatic rings. The summed E-state index contributed by atoms with van der Waals surface area (Å²) in [6, 6.07) is 5.54. The minimum atomic E-state index is -4.21. The Labute approximate surface area is 137 Å². The number of benzene rings is 1. The first-order valence-corrected chi connectivity index (χ1v) is 9.08. The van der Waals surface area contributed by atoms with E-state index < -0.39 is 16.1 Å². The number of hydrogen-bond donors (Lipinski definition) is 2. The molecule has 0 amide bonds. The lowest BCUT2D eigenvalue weighted by molar-refractivity contribution is -0.137. The number of rotatable bonds is 10. The van der Waals surface area contributed by atoms with Gasteiger partial charge in [-0.25, -0.2) is 0 Å². The van der Waals surface area contributed by atoms with E-state index in [1.54, 1.807) is 0 Å². The van der Waals surface area contributed by atoms with Gasteiger partial charge in [0.25, 0.3) is 10.1 Å². The number of ether oxygens (including phenoxy) is 1. The molecule has 23 heavy (non-hydrogen) atoms. The summed E-state index contributed by atoms with van der Waals surface area (Å²) < 4.78 is 36.8. The summed E-state index contributed by atoms with van der Waals surface area (Å²) in [6.45, 7) is 4.21. The molecule has 0 spiro atoms. The lowest BCUT2D eigenvalue weighted by atomic mass is 10.0. The summed E-state index contributed by atoms with van der Waals surface area (Å²) >= 11 is 0. The third kappa shape index (κ3) is 7.99. The molecule has 0 saturated carbocycles. The van der Waals surface area contributed by atoms with Crippen molar-refractivity contribution >= 4 is 16.1 Å². The average Bonchev–Trinajstić information content (AvgIpc) is 2.43. The summed E-state index contributed by atoms with van der Waals surface area (Å²) in [6.07, 6.45) is 2.90. The number of carboxylic acids is 1. The van der Waals surface area contributed by atoms with Gasteiger partial charge in [-0.3, -0.25) is 9.35 Å². The van der Waals surface area contributed by atoms with Gasteiger partial charge in [-0.05, 0) is 55.9 Å². The Kier molecular flexibility index (Phi) is 7.51. The number of carboxylic acid groups (broad SMARTS) is 1. The van der Waals surface area contributed by atoms with Crippen LogP contribution in [-0.2, 0) is 14.9 Å². The Hall–Kier alpha value is -1.60. The number of aliphatic carboxylic acids is 1. The van der Waals surface area contributed by atoms with Gasteiger partial charge in [0.1, 0.15) is 5.75 Å². The highest BCUT2D eigenvalue weighted by Gasteiger charge is 2.14. The second-order valence-corrected chi connectivity index (χ2v) is 7.37. The van der Waals surface area contributed by atoms with Crippen LogP contribution < -0.4 is 4.74 Å². The molecule has 1 unspecified atom stereocenters. The van der Waals surface area contributed by atoms with Crippen molar-refractivity contribution in [1.29, 1.82) is 0 Å². The first-order valence-electron chi connectivity index (χ1n) is 7.64. The molecule has 0 radical (unpaired) electrons. The van der Waals surface area contributed by atoms with Crippen molar-refractivity contribution in [3.8, 4) is 5.75 Å². The van der Waals surface area contributed by atoms with Crippen molar-refractivity contribution in [2.24, 2.45) is 5.92 Å². The van der Waals surface area contributed by atoms with E-state index in [2.05, 4.69) is 13.8 Å². The van der Waals surface area contributed by atoms with Gasteiger partial charge in [0, 0.05) is 6.42 Å². The maximum absolute atomic E-state index is 11.0. The van der Waals surface area contributed by atoms with E-state index in [1.807, 2.05) is 0 Å². The van der Waals surface area contributed by atoms with Crippen molar-refractivity contribution in [3.63, 3.8) is 0 Å². The molecule has 1 aromatic carbocycles. The van der Waals surface area contributed by atoms with E-state index in [9.17, 15) is 13.2 Å². The molecular weight excluding hydrogens is 320 g/mol. The smallest absolute Gasteiger partial charge is 0.303 e. The Balaban J connectivity index is 2.68. The van der Waals surface area contributed by atoms with Crippen LogP contribution in [0.1, 0.15) is 46.0 Å². The Morgan fingerprint density at radius 1 is 1.13 bits per heavy atom. The van der Waals surface area contributed by atoms with E-state index in [0.717, 1.165) is 12.8 Å². The second-order valence-electron chi connectivity index (χ2n) is 5.94. The fourth-order valence-electron chi connectivity index (χ4n) is 2.15. The fourth-order valence-corrected chi connectivity index (χ4v) is 2.63. The molecule has 0 aliphatic carbocycles. The molecular formula is C16H24O6S. The average molecular weight is 344 g/mol. The third-order valence-corrected chi connectivity index (χ3v) is 4.27. The van der Waals surface area contributed by atoms with Gasteiger partial charge in [-0.15, -0.1) is 0 Å². The number of carbonyl (C=O) groups is 1. The Morgan fingerprint density at radius 3 is 2.22 bits per heavy atom. The van der Waals surface area contributed by atoms with Crippen molar-refractivity contribution in [2.75, 3.05) is 0 Å². The Bertz CT molecular complexity index is 592. The van der Waals surface area contributed by atoms with Crippen LogP contribution in [0.3, 0.4) is 0 Å². The summed E-state index contributed by atoms with van der Waals surface area (Å²) in [5.41, 5.74) is 0. The van der Waals surface area contributed by atoms with Gasteiger partial charge in [0.2, 0.25) is 0 Å². The molecule has 0 aliphatic rings. The lowest BCUT2D eigenvalue weighted by Gasteiger charge is -2.20. The van der Waals surface area contributed by atoms with Crippen LogP contribution in [0.5, 0.6) is 5.75 Å². The van der Waals surface area contributed by atoms with Gasteiger partial charge in [-0.1, -0.05) is 13.8 Å². The van der Waals surface area contributed by atoms with Crippen LogP contribution in [-0.4, -0.2) is 30.2 Å². The largest absolute Gasteiger partial charge is 0.490 e. The second kappa shape index (κ2) is 8.88. The summed E-state index contributed by atoms with van der Waals surface area (Å²) in [5, 5.41) is 8.72. The topological polar surface area (TPSA) is 101 Å². The molecule has 0 aliphatic heterocycles. The van der Waals surface area contributed by atoms with Crippen LogP contribution >= 0.6 is 0 Å². The molecule has 130 valence electrons. The lowest BCUT2D eigenvalue weighted by Crippen LogP contribution is -2.18. The van der Waals surface area contributed by atoms with Gasteiger partial charge in [0.05, 0.1) is 11.0 Å². The molecule has 1 rings (SSSR count). The fraction of sp³-hybridized carbons (Fsp3) is 0.562.